The number of pyridine rings is 1. The van der Waals surface area contributed by atoms with Crippen molar-refractivity contribution in [1.29, 1.82) is 0 Å². The molecular weight excluding hydrogens is 292 g/mol. The number of nitro groups is 1. The Balaban J connectivity index is 3.00. The minimum atomic E-state index is -0.823. The molecule has 0 unspecified atom stereocenters. The first-order valence-corrected chi connectivity index (χ1v) is 6.62. The van der Waals surface area contributed by atoms with Gasteiger partial charge in [0.1, 0.15) is 5.69 Å². The van der Waals surface area contributed by atoms with Gasteiger partial charge in [0.05, 0.1) is 18.1 Å². The fourth-order valence-corrected chi connectivity index (χ4v) is 1.57. The van der Waals surface area contributed by atoms with Crippen molar-refractivity contribution in [2.45, 2.75) is 20.3 Å². The van der Waals surface area contributed by atoms with E-state index in [1.54, 1.807) is 6.92 Å². The van der Waals surface area contributed by atoms with Crippen LogP contribution < -0.4 is 15.8 Å². The average Bonchev–Trinajstić information content (AvgIpc) is 2.43. The molecule has 0 bridgehead atoms. The number of allylic oxidation sites excluding steroid dienone is 1. The molecule has 1 aromatic heterocycles. The molecule has 3 N–H and O–H groups in total. The van der Waals surface area contributed by atoms with E-state index in [-0.39, 0.29) is 24.0 Å². The average molecular weight is 310 g/mol. The molecular formula is C13H18N4O5. The molecule has 0 radical (unpaired) electrons. The molecule has 9 nitrogen and oxygen atoms in total. The van der Waals surface area contributed by atoms with Crippen molar-refractivity contribution in [3.05, 3.63) is 28.3 Å². The van der Waals surface area contributed by atoms with Crippen LogP contribution in [0.3, 0.4) is 0 Å². The molecule has 0 saturated carbocycles. The van der Waals surface area contributed by atoms with E-state index in [0.717, 1.165) is 0 Å². The van der Waals surface area contributed by atoms with E-state index < -0.39 is 16.7 Å². The van der Waals surface area contributed by atoms with Crippen molar-refractivity contribution in [3.63, 3.8) is 0 Å². The van der Waals surface area contributed by atoms with Crippen LogP contribution in [0.5, 0.6) is 5.88 Å². The van der Waals surface area contributed by atoms with Gasteiger partial charge in [0.25, 0.3) is 0 Å². The van der Waals surface area contributed by atoms with Gasteiger partial charge in [0.2, 0.25) is 11.7 Å². The zero-order valence-corrected chi connectivity index (χ0v) is 12.4. The SMILES string of the molecule is C/C=C/CCOc1cc(NC(=O)OCC)c([N+](=O)[O-])c(N)n1. The van der Waals surface area contributed by atoms with Gasteiger partial charge in [0.15, 0.2) is 0 Å². The molecule has 1 rings (SSSR count). The van der Waals surface area contributed by atoms with Crippen LogP contribution in [0.1, 0.15) is 20.3 Å². The van der Waals surface area contributed by atoms with Crippen LogP contribution in [0.25, 0.3) is 0 Å². The maximum absolute atomic E-state index is 11.4. The Morgan fingerprint density at radius 2 is 2.32 bits per heavy atom. The minimum absolute atomic E-state index is 0.0828. The van der Waals surface area contributed by atoms with Crippen molar-refractivity contribution in [2.24, 2.45) is 0 Å². The molecule has 1 heterocycles. The number of rotatable bonds is 7. The summed E-state index contributed by atoms with van der Waals surface area (Å²) in [5.74, 6) is -0.264. The number of amides is 1. The highest BCUT2D eigenvalue weighted by molar-refractivity contribution is 5.90. The van der Waals surface area contributed by atoms with E-state index in [1.165, 1.54) is 6.07 Å². The minimum Gasteiger partial charge on any atom is -0.477 e. The van der Waals surface area contributed by atoms with Crippen molar-refractivity contribution >= 4 is 23.3 Å². The van der Waals surface area contributed by atoms with Crippen molar-refractivity contribution < 1.29 is 19.2 Å². The van der Waals surface area contributed by atoms with Gasteiger partial charge >= 0.3 is 11.8 Å². The van der Waals surface area contributed by atoms with Crippen LogP contribution in [-0.4, -0.2) is 29.2 Å². The molecule has 0 aliphatic carbocycles. The van der Waals surface area contributed by atoms with E-state index in [9.17, 15) is 14.9 Å². The van der Waals surface area contributed by atoms with Gasteiger partial charge in [-0.05, 0) is 20.3 Å². The van der Waals surface area contributed by atoms with Gasteiger partial charge in [-0.3, -0.25) is 15.4 Å². The predicted molar refractivity (Wildman–Crippen MR) is 80.9 cm³/mol. The third-order valence-electron chi connectivity index (χ3n) is 2.46. The second-order valence-electron chi connectivity index (χ2n) is 4.05. The highest BCUT2D eigenvalue weighted by atomic mass is 16.6. The van der Waals surface area contributed by atoms with Crippen molar-refractivity contribution in [3.8, 4) is 5.88 Å². The van der Waals surface area contributed by atoms with Crippen LogP contribution >= 0.6 is 0 Å². The van der Waals surface area contributed by atoms with E-state index >= 15 is 0 Å². The molecule has 0 aliphatic heterocycles. The third-order valence-corrected chi connectivity index (χ3v) is 2.46. The lowest BCUT2D eigenvalue weighted by Gasteiger charge is -2.10. The van der Waals surface area contributed by atoms with E-state index in [4.69, 9.17) is 10.5 Å². The Morgan fingerprint density at radius 1 is 1.59 bits per heavy atom. The summed E-state index contributed by atoms with van der Waals surface area (Å²) in [6.45, 7) is 3.95. The Labute approximate surface area is 127 Å². The standard InChI is InChI=1S/C13H18N4O5/c1-3-5-6-7-22-10-8-9(15-13(18)21-4-2)11(17(19)20)12(14)16-10/h3,5,8H,4,6-7H2,1-2H3,(H3,14,15,16,18)/b5-3+. The lowest BCUT2D eigenvalue weighted by molar-refractivity contribution is -0.383. The van der Waals surface area contributed by atoms with Crippen LogP contribution in [-0.2, 0) is 4.74 Å². The smallest absolute Gasteiger partial charge is 0.411 e. The van der Waals surface area contributed by atoms with Crippen LogP contribution in [0.4, 0.5) is 22.0 Å². The first-order valence-electron chi connectivity index (χ1n) is 6.62. The zero-order chi connectivity index (χ0) is 16.5. The molecule has 1 amide bonds. The number of ether oxygens (including phenoxy) is 2. The largest absolute Gasteiger partial charge is 0.477 e. The quantitative estimate of drug-likeness (QED) is 0.342. The first-order chi connectivity index (χ1) is 10.5. The number of anilines is 2. The second-order valence-corrected chi connectivity index (χ2v) is 4.05. The van der Waals surface area contributed by atoms with Gasteiger partial charge in [-0.25, -0.2) is 4.79 Å². The maximum Gasteiger partial charge on any atom is 0.411 e. The number of hydrogen-bond acceptors (Lipinski definition) is 7. The monoisotopic (exact) mass is 310 g/mol. The number of hydrogen-bond donors (Lipinski definition) is 2. The lowest BCUT2D eigenvalue weighted by Crippen LogP contribution is -2.15. The summed E-state index contributed by atoms with van der Waals surface area (Å²) < 4.78 is 10.0. The molecule has 0 spiro atoms. The summed E-state index contributed by atoms with van der Waals surface area (Å²) >= 11 is 0. The van der Waals surface area contributed by atoms with Gasteiger partial charge in [-0.2, -0.15) is 4.98 Å². The summed E-state index contributed by atoms with van der Waals surface area (Å²) in [5, 5.41) is 13.3. The summed E-state index contributed by atoms with van der Waals surface area (Å²) in [4.78, 5) is 25.6. The molecule has 0 aromatic carbocycles. The molecule has 0 aliphatic rings. The summed E-state index contributed by atoms with van der Waals surface area (Å²) in [5.41, 5.74) is 4.93. The normalized spacial score (nSPS) is 10.5. The van der Waals surface area contributed by atoms with Crippen LogP contribution in [0.15, 0.2) is 18.2 Å². The summed E-state index contributed by atoms with van der Waals surface area (Å²) in [6, 6.07) is 1.24. The van der Waals surface area contributed by atoms with Gasteiger partial charge in [-0.15, -0.1) is 0 Å². The fourth-order valence-electron chi connectivity index (χ4n) is 1.57. The highest BCUT2D eigenvalue weighted by Gasteiger charge is 2.23. The molecule has 0 fully saturated rings. The molecule has 9 heteroatoms. The summed E-state index contributed by atoms with van der Waals surface area (Å²) in [6.07, 6.45) is 3.59. The zero-order valence-electron chi connectivity index (χ0n) is 12.4. The van der Waals surface area contributed by atoms with E-state index in [1.807, 2.05) is 19.1 Å². The van der Waals surface area contributed by atoms with Crippen molar-refractivity contribution in [2.75, 3.05) is 24.3 Å². The number of nitrogens with one attached hydrogen (secondary N) is 1. The lowest BCUT2D eigenvalue weighted by atomic mass is 10.3. The molecule has 0 saturated heterocycles. The van der Waals surface area contributed by atoms with Gasteiger partial charge in [-0.1, -0.05) is 12.2 Å². The van der Waals surface area contributed by atoms with Crippen LogP contribution in [0.2, 0.25) is 0 Å². The molecule has 120 valence electrons. The molecule has 1 aromatic rings. The maximum atomic E-state index is 11.4. The van der Waals surface area contributed by atoms with E-state index in [0.29, 0.717) is 13.0 Å². The first kappa shape index (κ1) is 17.2. The Kier molecular flexibility index (Phi) is 6.61. The fraction of sp³-hybridized carbons (Fsp3) is 0.385. The Bertz CT molecular complexity index is 574. The van der Waals surface area contributed by atoms with Crippen molar-refractivity contribution in [1.82, 2.24) is 4.98 Å². The number of carbonyl (C=O) groups excluding carboxylic acids is 1. The predicted octanol–water partition coefficient (Wildman–Crippen LogP) is 2.49. The number of carbonyl (C=O) groups is 1. The number of nitrogens with two attached hydrogens (primary N) is 1. The van der Waals surface area contributed by atoms with E-state index in [2.05, 4.69) is 15.0 Å². The summed E-state index contributed by atoms with van der Waals surface area (Å²) in [7, 11) is 0. The van der Waals surface area contributed by atoms with Gasteiger partial charge < -0.3 is 15.2 Å². The second kappa shape index (κ2) is 8.45. The topological polar surface area (TPSA) is 130 Å². The third kappa shape index (κ3) is 4.93. The highest BCUT2D eigenvalue weighted by Crippen LogP contribution is 2.32. The van der Waals surface area contributed by atoms with Crippen LogP contribution in [0, 0.1) is 10.1 Å². The number of nitrogens with zero attached hydrogens (tertiary/aromatic N) is 2. The number of nitrogen functional groups attached to an aromatic ring is 1. The Hall–Kier alpha value is -2.84. The molecule has 0 atom stereocenters. The molecule has 22 heavy (non-hydrogen) atoms. The Morgan fingerprint density at radius 3 is 2.91 bits per heavy atom. The van der Waals surface area contributed by atoms with Gasteiger partial charge in [0, 0.05) is 6.07 Å². The number of aromatic nitrogens is 1.